The van der Waals surface area contributed by atoms with Crippen LogP contribution in [0.4, 0.5) is 10.6 Å². The highest BCUT2D eigenvalue weighted by Crippen LogP contribution is 2.28. The molecule has 2 unspecified atom stereocenters. The Labute approximate surface area is 135 Å². The molecule has 2 atom stereocenters. The van der Waals surface area contributed by atoms with Crippen molar-refractivity contribution < 1.29 is 9.90 Å². The van der Waals surface area contributed by atoms with Gasteiger partial charge in [0.1, 0.15) is 17.8 Å². The highest BCUT2D eigenvalue weighted by Gasteiger charge is 2.32. The van der Waals surface area contributed by atoms with Gasteiger partial charge in [0, 0.05) is 26.3 Å². The summed E-state index contributed by atoms with van der Waals surface area (Å²) in [6, 6.07) is 2.06. The summed E-state index contributed by atoms with van der Waals surface area (Å²) in [5.41, 5.74) is 5.30. The van der Waals surface area contributed by atoms with Gasteiger partial charge in [-0.25, -0.2) is 14.8 Å². The van der Waals surface area contributed by atoms with E-state index < -0.39 is 6.09 Å². The molecule has 0 radical (unpaired) electrons. The van der Waals surface area contributed by atoms with Gasteiger partial charge in [-0.2, -0.15) is 0 Å². The second-order valence-corrected chi connectivity index (χ2v) is 5.61. The molecule has 3 rings (SSSR count). The van der Waals surface area contributed by atoms with Crippen molar-refractivity contribution in [2.24, 2.45) is 11.7 Å². The highest BCUT2D eigenvalue weighted by atomic mass is 16.4. The number of H-pyrrole nitrogens is 1. The van der Waals surface area contributed by atoms with Crippen molar-refractivity contribution in [3.63, 3.8) is 0 Å². The van der Waals surface area contributed by atoms with Crippen LogP contribution in [0.25, 0.3) is 11.0 Å². The summed E-state index contributed by atoms with van der Waals surface area (Å²) in [5, 5.41) is 10.2. The van der Waals surface area contributed by atoms with E-state index >= 15 is 0 Å². The second-order valence-electron chi connectivity index (χ2n) is 5.61. The summed E-state index contributed by atoms with van der Waals surface area (Å²) < 4.78 is 0. The molecule has 0 spiro atoms. The zero-order valence-corrected chi connectivity index (χ0v) is 13.7. The quantitative estimate of drug-likeness (QED) is 0.770. The molecule has 0 saturated carbocycles. The van der Waals surface area contributed by atoms with Crippen LogP contribution in [0.3, 0.4) is 0 Å². The molecule has 4 N–H and O–H groups in total. The molecular weight excluding hydrogens is 296 g/mol. The number of nitrogens with two attached hydrogens (primary N) is 1. The van der Waals surface area contributed by atoms with Gasteiger partial charge in [0.25, 0.3) is 0 Å². The summed E-state index contributed by atoms with van der Waals surface area (Å²) in [5.74, 6) is 1.25. The maximum atomic E-state index is 11.2. The zero-order chi connectivity index (χ0) is 17.0. The van der Waals surface area contributed by atoms with Crippen LogP contribution in [0.2, 0.25) is 0 Å². The van der Waals surface area contributed by atoms with Crippen molar-refractivity contribution in [3.8, 4) is 0 Å². The molecule has 8 nitrogen and oxygen atoms in total. The van der Waals surface area contributed by atoms with E-state index in [1.54, 1.807) is 0 Å². The van der Waals surface area contributed by atoms with Crippen LogP contribution in [-0.2, 0) is 0 Å². The van der Waals surface area contributed by atoms with E-state index in [4.69, 9.17) is 0 Å². The number of aromatic amines is 1. The zero-order valence-electron chi connectivity index (χ0n) is 13.7. The van der Waals surface area contributed by atoms with Crippen molar-refractivity contribution in [2.75, 3.05) is 32.1 Å². The van der Waals surface area contributed by atoms with E-state index in [1.165, 1.54) is 18.3 Å². The van der Waals surface area contributed by atoms with Crippen LogP contribution in [0.15, 0.2) is 18.6 Å². The first-order valence-corrected chi connectivity index (χ1v) is 7.64. The molecule has 2 aromatic heterocycles. The topological polar surface area (TPSA) is 111 Å². The standard InChI is InChI=1S/C14H19N5O2.CH5N/c1-9-4-6-19(14(20)21)7-11(9)18(2)13-10-3-5-15-12(10)16-8-17-13;1-2/h3,5,8-9,11H,4,6-7H2,1-2H3,(H,20,21)(H,15,16,17);2H2,1H3. The van der Waals surface area contributed by atoms with Crippen molar-refractivity contribution in [3.05, 3.63) is 18.6 Å². The first-order chi connectivity index (χ1) is 11.1. The Balaban J connectivity index is 0.000000924. The minimum Gasteiger partial charge on any atom is -0.465 e. The largest absolute Gasteiger partial charge is 0.465 e. The van der Waals surface area contributed by atoms with Gasteiger partial charge in [-0.05, 0) is 25.5 Å². The Morgan fingerprint density at radius 1 is 1.48 bits per heavy atom. The van der Waals surface area contributed by atoms with E-state index in [0.29, 0.717) is 19.0 Å². The lowest BCUT2D eigenvalue weighted by Gasteiger charge is -2.41. The molecule has 23 heavy (non-hydrogen) atoms. The highest BCUT2D eigenvalue weighted by molar-refractivity contribution is 5.87. The Bertz CT molecular complexity index is 658. The Hall–Kier alpha value is -2.35. The van der Waals surface area contributed by atoms with Gasteiger partial charge >= 0.3 is 6.09 Å². The number of likely N-dealkylation sites (tertiary alicyclic amines) is 1. The van der Waals surface area contributed by atoms with Crippen LogP contribution in [0.5, 0.6) is 0 Å². The van der Waals surface area contributed by atoms with Crippen LogP contribution in [0.1, 0.15) is 13.3 Å². The summed E-state index contributed by atoms with van der Waals surface area (Å²) in [4.78, 5) is 26.4. The molecule has 8 heteroatoms. The van der Waals surface area contributed by atoms with Crippen LogP contribution >= 0.6 is 0 Å². The molecule has 1 aliphatic rings. The number of carboxylic acid groups (broad SMARTS) is 1. The fraction of sp³-hybridized carbons (Fsp3) is 0.533. The first kappa shape index (κ1) is 17.0. The Morgan fingerprint density at radius 3 is 2.91 bits per heavy atom. The minimum atomic E-state index is -0.852. The van der Waals surface area contributed by atoms with Gasteiger partial charge in [-0.1, -0.05) is 6.92 Å². The fourth-order valence-corrected chi connectivity index (χ4v) is 3.02. The van der Waals surface area contributed by atoms with Gasteiger partial charge in [-0.15, -0.1) is 0 Å². The minimum absolute atomic E-state index is 0.114. The Morgan fingerprint density at radius 2 is 2.22 bits per heavy atom. The monoisotopic (exact) mass is 320 g/mol. The lowest BCUT2D eigenvalue weighted by Crippen LogP contribution is -2.52. The van der Waals surface area contributed by atoms with E-state index in [0.717, 1.165) is 23.3 Å². The number of aromatic nitrogens is 3. The normalized spacial score (nSPS) is 20.8. The summed E-state index contributed by atoms with van der Waals surface area (Å²) in [6.45, 7) is 3.27. The molecular formula is C15H24N6O2. The molecule has 0 aliphatic carbocycles. The molecule has 1 fully saturated rings. The van der Waals surface area contributed by atoms with Gasteiger partial charge in [0.2, 0.25) is 0 Å². The number of nitrogens with zero attached hydrogens (tertiary/aromatic N) is 4. The van der Waals surface area contributed by atoms with Crippen molar-refractivity contribution in [1.29, 1.82) is 0 Å². The lowest BCUT2D eigenvalue weighted by atomic mass is 9.92. The number of fused-ring (bicyclic) bond motifs is 1. The van der Waals surface area contributed by atoms with Gasteiger partial charge in [0.15, 0.2) is 0 Å². The van der Waals surface area contributed by atoms with Crippen molar-refractivity contribution >= 4 is 22.9 Å². The maximum Gasteiger partial charge on any atom is 0.407 e. The molecule has 2 aromatic rings. The summed E-state index contributed by atoms with van der Waals surface area (Å²) in [7, 11) is 3.47. The summed E-state index contributed by atoms with van der Waals surface area (Å²) >= 11 is 0. The number of piperidine rings is 1. The van der Waals surface area contributed by atoms with Crippen molar-refractivity contribution in [1.82, 2.24) is 19.9 Å². The second kappa shape index (κ2) is 7.28. The average Bonchev–Trinajstić information content (AvgIpc) is 3.05. The third kappa shape index (κ3) is 3.37. The number of likely N-dealkylation sites (N-methyl/N-ethyl adjacent to an activating group) is 1. The van der Waals surface area contributed by atoms with Gasteiger partial charge in [-0.3, -0.25) is 0 Å². The number of nitrogens with one attached hydrogen (secondary N) is 1. The van der Waals surface area contributed by atoms with Gasteiger partial charge in [0.05, 0.1) is 11.4 Å². The van der Waals surface area contributed by atoms with E-state index in [-0.39, 0.29) is 6.04 Å². The molecule has 1 amide bonds. The average molecular weight is 320 g/mol. The van der Waals surface area contributed by atoms with Crippen molar-refractivity contribution in [2.45, 2.75) is 19.4 Å². The van der Waals surface area contributed by atoms with E-state index in [9.17, 15) is 9.90 Å². The van der Waals surface area contributed by atoms with Gasteiger partial charge < -0.3 is 25.6 Å². The maximum absolute atomic E-state index is 11.2. The fourth-order valence-electron chi connectivity index (χ4n) is 3.02. The number of amides is 1. The summed E-state index contributed by atoms with van der Waals surface area (Å²) in [6.07, 6.45) is 3.38. The SMILES string of the molecule is CC1CCN(C(=O)O)CC1N(C)c1ncnc2[nH]ccc12.CN. The molecule has 1 saturated heterocycles. The van der Waals surface area contributed by atoms with Crippen LogP contribution < -0.4 is 10.6 Å². The number of hydrogen-bond donors (Lipinski definition) is 3. The molecule has 126 valence electrons. The van der Waals surface area contributed by atoms with Crippen LogP contribution in [-0.4, -0.2) is 64.3 Å². The number of carbonyl (C=O) groups is 1. The first-order valence-electron chi connectivity index (χ1n) is 7.64. The third-order valence-corrected chi connectivity index (χ3v) is 4.35. The molecule has 0 aromatic carbocycles. The molecule has 1 aliphatic heterocycles. The van der Waals surface area contributed by atoms with Crippen LogP contribution in [0, 0.1) is 5.92 Å². The predicted molar refractivity (Wildman–Crippen MR) is 89.6 cm³/mol. The molecule has 0 bridgehead atoms. The smallest absolute Gasteiger partial charge is 0.407 e. The number of hydrogen-bond acceptors (Lipinski definition) is 5. The lowest BCUT2D eigenvalue weighted by molar-refractivity contribution is 0.118. The number of rotatable bonds is 2. The van der Waals surface area contributed by atoms with E-state index in [2.05, 4.69) is 32.5 Å². The predicted octanol–water partition coefficient (Wildman–Crippen LogP) is 1.36. The third-order valence-electron chi connectivity index (χ3n) is 4.35. The number of anilines is 1. The Kier molecular flexibility index (Phi) is 5.38. The molecule has 3 heterocycles. The van der Waals surface area contributed by atoms with E-state index in [1.807, 2.05) is 19.3 Å².